The maximum atomic E-state index is 12.8. The largest absolute Gasteiger partial charge is 0.419 e. The summed E-state index contributed by atoms with van der Waals surface area (Å²) in [7, 11) is 1.82. The molecule has 0 aliphatic carbocycles. The molecular formula is C11H14F3N3. The van der Waals surface area contributed by atoms with E-state index in [2.05, 4.69) is 10.3 Å². The quantitative estimate of drug-likeness (QED) is 0.862. The third kappa shape index (κ3) is 2.52. The summed E-state index contributed by atoms with van der Waals surface area (Å²) < 4.78 is 38.4. The minimum atomic E-state index is -4.35. The Bertz CT molecular complexity index is 392. The summed E-state index contributed by atoms with van der Waals surface area (Å²) in [6, 6.07) is 2.63. The van der Waals surface area contributed by atoms with E-state index in [9.17, 15) is 13.2 Å². The van der Waals surface area contributed by atoms with Crippen molar-refractivity contribution in [1.82, 2.24) is 10.3 Å². The minimum Gasteiger partial charge on any atom is -0.354 e. The summed E-state index contributed by atoms with van der Waals surface area (Å²) >= 11 is 0. The lowest BCUT2D eigenvalue weighted by molar-refractivity contribution is -0.137. The van der Waals surface area contributed by atoms with Gasteiger partial charge in [0.25, 0.3) is 0 Å². The highest BCUT2D eigenvalue weighted by Crippen LogP contribution is 2.36. The van der Waals surface area contributed by atoms with Crippen molar-refractivity contribution in [1.29, 1.82) is 0 Å². The fourth-order valence-corrected chi connectivity index (χ4v) is 2.06. The molecule has 1 aliphatic rings. The van der Waals surface area contributed by atoms with Crippen LogP contribution in [-0.2, 0) is 6.18 Å². The molecule has 0 unspecified atom stereocenters. The third-order valence-electron chi connectivity index (χ3n) is 2.99. The fourth-order valence-electron chi connectivity index (χ4n) is 2.06. The highest BCUT2D eigenvalue weighted by Gasteiger charge is 2.36. The lowest BCUT2D eigenvalue weighted by Gasteiger charge is -2.21. The van der Waals surface area contributed by atoms with Crippen LogP contribution in [0.15, 0.2) is 18.3 Å². The van der Waals surface area contributed by atoms with Crippen molar-refractivity contribution in [2.24, 2.45) is 0 Å². The first kappa shape index (κ1) is 12.2. The first-order chi connectivity index (χ1) is 8.02. The molecule has 0 spiro atoms. The number of aromatic nitrogens is 1. The molecule has 2 rings (SSSR count). The van der Waals surface area contributed by atoms with Crippen LogP contribution in [-0.4, -0.2) is 31.2 Å². The second-order valence-corrected chi connectivity index (χ2v) is 4.09. The summed E-state index contributed by atoms with van der Waals surface area (Å²) in [6.07, 6.45) is -2.11. The number of likely N-dealkylation sites (N-methyl/N-ethyl adjacent to an activating group) is 1. The van der Waals surface area contributed by atoms with E-state index in [-0.39, 0.29) is 11.9 Å². The van der Waals surface area contributed by atoms with Crippen LogP contribution >= 0.6 is 0 Å². The van der Waals surface area contributed by atoms with Gasteiger partial charge in [0.05, 0.1) is 5.56 Å². The van der Waals surface area contributed by atoms with E-state index in [1.54, 1.807) is 4.90 Å². The van der Waals surface area contributed by atoms with Crippen LogP contribution in [0.3, 0.4) is 0 Å². The SMILES string of the molecule is CN[C@@H]1CCN(c2ncccc2C(F)(F)F)C1. The number of nitrogens with zero attached hydrogens (tertiary/aromatic N) is 2. The lowest BCUT2D eigenvalue weighted by Crippen LogP contribution is -2.31. The maximum absolute atomic E-state index is 12.8. The van der Waals surface area contributed by atoms with Crippen LogP contribution < -0.4 is 10.2 Å². The maximum Gasteiger partial charge on any atom is 0.419 e. The molecule has 1 aliphatic heterocycles. The number of alkyl halides is 3. The van der Waals surface area contributed by atoms with Gasteiger partial charge in [-0.1, -0.05) is 0 Å². The summed E-state index contributed by atoms with van der Waals surface area (Å²) in [4.78, 5) is 5.56. The lowest BCUT2D eigenvalue weighted by atomic mass is 10.2. The molecule has 1 fully saturated rings. The van der Waals surface area contributed by atoms with Gasteiger partial charge in [-0.05, 0) is 25.6 Å². The van der Waals surface area contributed by atoms with Gasteiger partial charge in [-0.2, -0.15) is 13.2 Å². The zero-order valence-electron chi connectivity index (χ0n) is 9.46. The summed E-state index contributed by atoms with van der Waals surface area (Å²) in [5, 5.41) is 3.07. The zero-order chi connectivity index (χ0) is 12.5. The molecule has 1 saturated heterocycles. The van der Waals surface area contributed by atoms with Crippen molar-refractivity contribution in [2.45, 2.75) is 18.6 Å². The summed E-state index contributed by atoms with van der Waals surface area (Å²) in [5.74, 6) is 0.0396. The van der Waals surface area contributed by atoms with Crippen molar-refractivity contribution in [3.8, 4) is 0 Å². The normalized spacial score (nSPS) is 20.9. The Hall–Kier alpha value is -1.30. The number of anilines is 1. The average molecular weight is 245 g/mol. The molecule has 1 N–H and O–H groups in total. The Labute approximate surface area is 97.6 Å². The van der Waals surface area contributed by atoms with Crippen LogP contribution in [0.5, 0.6) is 0 Å². The van der Waals surface area contributed by atoms with E-state index in [0.29, 0.717) is 13.1 Å². The molecule has 17 heavy (non-hydrogen) atoms. The Morgan fingerprint density at radius 3 is 2.82 bits per heavy atom. The molecule has 0 saturated carbocycles. The van der Waals surface area contributed by atoms with Crippen LogP contribution in [0.2, 0.25) is 0 Å². The molecule has 6 heteroatoms. The molecule has 0 aromatic carbocycles. The highest BCUT2D eigenvalue weighted by atomic mass is 19.4. The standard InChI is InChI=1S/C11H14F3N3/c1-15-8-4-6-17(7-8)10-9(11(12,13)14)3-2-5-16-10/h2-3,5,8,15H,4,6-7H2,1H3/t8-/m1/s1. The van der Waals surface area contributed by atoms with Crippen LogP contribution in [0.4, 0.5) is 19.0 Å². The molecular weight excluding hydrogens is 231 g/mol. The summed E-state index contributed by atoms with van der Waals surface area (Å²) in [6.45, 7) is 1.17. The van der Waals surface area contributed by atoms with Crippen molar-refractivity contribution < 1.29 is 13.2 Å². The molecule has 1 aromatic heterocycles. The van der Waals surface area contributed by atoms with E-state index in [4.69, 9.17) is 0 Å². The van der Waals surface area contributed by atoms with Gasteiger partial charge in [0.15, 0.2) is 0 Å². The molecule has 1 atom stereocenters. The van der Waals surface area contributed by atoms with Crippen molar-refractivity contribution >= 4 is 5.82 Å². The minimum absolute atomic E-state index is 0.0396. The van der Waals surface area contributed by atoms with Gasteiger partial charge in [0.1, 0.15) is 5.82 Å². The highest BCUT2D eigenvalue weighted by molar-refractivity contribution is 5.49. The Kier molecular flexibility index (Phi) is 3.24. The number of nitrogens with one attached hydrogen (secondary N) is 1. The molecule has 3 nitrogen and oxygen atoms in total. The average Bonchev–Trinajstić information content (AvgIpc) is 2.76. The molecule has 0 bridgehead atoms. The zero-order valence-corrected chi connectivity index (χ0v) is 9.46. The van der Waals surface area contributed by atoms with Gasteiger partial charge in [0.2, 0.25) is 0 Å². The number of pyridine rings is 1. The van der Waals surface area contributed by atoms with Crippen molar-refractivity contribution in [2.75, 3.05) is 25.0 Å². The van der Waals surface area contributed by atoms with Gasteiger partial charge >= 0.3 is 6.18 Å². The number of hydrogen-bond donors (Lipinski definition) is 1. The van der Waals surface area contributed by atoms with E-state index in [0.717, 1.165) is 12.5 Å². The first-order valence-electron chi connectivity index (χ1n) is 5.47. The Balaban J connectivity index is 2.27. The molecule has 0 amide bonds. The molecule has 2 heterocycles. The van der Waals surface area contributed by atoms with E-state index >= 15 is 0 Å². The predicted molar refractivity (Wildman–Crippen MR) is 58.9 cm³/mol. The molecule has 94 valence electrons. The van der Waals surface area contributed by atoms with Crippen LogP contribution in [0.25, 0.3) is 0 Å². The first-order valence-corrected chi connectivity index (χ1v) is 5.47. The van der Waals surface area contributed by atoms with Gasteiger partial charge < -0.3 is 10.2 Å². The number of hydrogen-bond acceptors (Lipinski definition) is 3. The van der Waals surface area contributed by atoms with Gasteiger partial charge in [-0.25, -0.2) is 4.98 Å². The van der Waals surface area contributed by atoms with Crippen molar-refractivity contribution in [3.05, 3.63) is 23.9 Å². The number of halogens is 3. The Morgan fingerprint density at radius 1 is 1.47 bits per heavy atom. The second kappa shape index (κ2) is 4.52. The van der Waals surface area contributed by atoms with E-state index in [1.165, 1.54) is 12.3 Å². The van der Waals surface area contributed by atoms with Gasteiger partial charge in [0, 0.05) is 25.3 Å². The van der Waals surface area contributed by atoms with Crippen molar-refractivity contribution in [3.63, 3.8) is 0 Å². The molecule has 0 radical (unpaired) electrons. The van der Waals surface area contributed by atoms with E-state index in [1.807, 2.05) is 7.05 Å². The van der Waals surface area contributed by atoms with Crippen LogP contribution in [0.1, 0.15) is 12.0 Å². The Morgan fingerprint density at radius 2 is 2.24 bits per heavy atom. The number of rotatable bonds is 2. The van der Waals surface area contributed by atoms with Gasteiger partial charge in [-0.15, -0.1) is 0 Å². The second-order valence-electron chi connectivity index (χ2n) is 4.09. The third-order valence-corrected chi connectivity index (χ3v) is 2.99. The fraction of sp³-hybridized carbons (Fsp3) is 0.545. The molecule has 1 aromatic rings. The smallest absolute Gasteiger partial charge is 0.354 e. The van der Waals surface area contributed by atoms with E-state index < -0.39 is 11.7 Å². The topological polar surface area (TPSA) is 28.2 Å². The van der Waals surface area contributed by atoms with Crippen LogP contribution in [0, 0.1) is 0 Å². The van der Waals surface area contributed by atoms with Gasteiger partial charge in [-0.3, -0.25) is 0 Å². The monoisotopic (exact) mass is 245 g/mol. The predicted octanol–water partition coefficient (Wildman–Crippen LogP) is 1.90. The summed E-state index contributed by atoms with van der Waals surface area (Å²) in [5.41, 5.74) is -0.656.